The van der Waals surface area contributed by atoms with Crippen molar-refractivity contribution >= 4 is 11.8 Å². The number of hydrogen-bond acceptors (Lipinski definition) is 5. The van der Waals surface area contributed by atoms with Gasteiger partial charge >= 0.3 is 0 Å². The van der Waals surface area contributed by atoms with Gasteiger partial charge in [0.25, 0.3) is 11.8 Å². The van der Waals surface area contributed by atoms with E-state index in [0.717, 1.165) is 12.1 Å². The third-order valence-corrected chi connectivity index (χ3v) is 6.32. The first-order valence-electron chi connectivity index (χ1n) is 10.3. The molecule has 2 aliphatic heterocycles. The molecule has 2 aliphatic rings. The third kappa shape index (κ3) is 3.24. The van der Waals surface area contributed by atoms with Crippen LogP contribution in [0.15, 0.2) is 53.1 Å². The second-order valence-electron chi connectivity index (χ2n) is 8.37. The summed E-state index contributed by atoms with van der Waals surface area (Å²) in [6.07, 6.45) is 0. The quantitative estimate of drug-likeness (QED) is 0.628. The number of amides is 2. The third-order valence-electron chi connectivity index (χ3n) is 6.32. The van der Waals surface area contributed by atoms with Gasteiger partial charge in [0, 0.05) is 43.2 Å². The summed E-state index contributed by atoms with van der Waals surface area (Å²) in [6.45, 7) is 3.00. The Labute approximate surface area is 182 Å². The van der Waals surface area contributed by atoms with Gasteiger partial charge in [-0.3, -0.25) is 9.59 Å². The van der Waals surface area contributed by atoms with E-state index < -0.39 is 23.0 Å². The molecule has 1 aromatic heterocycles. The molecular formula is C23H20F2N4O3. The summed E-state index contributed by atoms with van der Waals surface area (Å²) in [5.41, 5.74) is -0.0723. The number of carbonyl (C=O) groups is 2. The molecule has 2 atom stereocenters. The maximum atomic E-state index is 13.7. The van der Waals surface area contributed by atoms with Gasteiger partial charge in [0.2, 0.25) is 5.89 Å². The molecule has 32 heavy (non-hydrogen) atoms. The molecular weight excluding hydrogens is 418 g/mol. The number of benzene rings is 2. The summed E-state index contributed by atoms with van der Waals surface area (Å²) in [5, 5.41) is 3.91. The van der Waals surface area contributed by atoms with E-state index in [0.29, 0.717) is 36.9 Å². The summed E-state index contributed by atoms with van der Waals surface area (Å²) >= 11 is 0. The van der Waals surface area contributed by atoms with Gasteiger partial charge in [0.05, 0.1) is 5.41 Å². The van der Waals surface area contributed by atoms with Crippen LogP contribution in [0.25, 0.3) is 0 Å². The minimum Gasteiger partial charge on any atom is -0.339 e. The molecule has 7 nitrogen and oxygen atoms in total. The Bertz CT molecular complexity index is 1200. The lowest BCUT2D eigenvalue weighted by Gasteiger charge is -2.26. The minimum atomic E-state index is -1.07. The van der Waals surface area contributed by atoms with E-state index in [2.05, 4.69) is 10.1 Å². The zero-order valence-corrected chi connectivity index (χ0v) is 17.3. The lowest BCUT2D eigenvalue weighted by Crippen LogP contribution is -2.41. The van der Waals surface area contributed by atoms with E-state index >= 15 is 0 Å². The highest BCUT2D eigenvalue weighted by Gasteiger charge is 2.58. The zero-order valence-electron chi connectivity index (χ0n) is 17.3. The van der Waals surface area contributed by atoms with Crippen molar-refractivity contribution in [3.63, 3.8) is 0 Å². The maximum Gasteiger partial charge on any atom is 0.254 e. The van der Waals surface area contributed by atoms with Gasteiger partial charge in [-0.2, -0.15) is 4.98 Å². The lowest BCUT2D eigenvalue weighted by atomic mass is 9.81. The Kier molecular flexibility index (Phi) is 4.76. The van der Waals surface area contributed by atoms with Crippen LogP contribution in [0.5, 0.6) is 0 Å². The Balaban J connectivity index is 1.45. The van der Waals surface area contributed by atoms with Crippen LogP contribution in [-0.2, 0) is 5.41 Å². The van der Waals surface area contributed by atoms with Gasteiger partial charge < -0.3 is 14.3 Å². The summed E-state index contributed by atoms with van der Waals surface area (Å²) in [6, 6.07) is 12.1. The van der Waals surface area contributed by atoms with Crippen LogP contribution in [0.2, 0.25) is 0 Å². The Morgan fingerprint density at radius 1 is 0.969 bits per heavy atom. The predicted octanol–water partition coefficient (Wildman–Crippen LogP) is 2.82. The fourth-order valence-corrected chi connectivity index (χ4v) is 4.75. The molecule has 0 spiro atoms. The molecule has 0 N–H and O–H groups in total. The number of aromatic nitrogens is 2. The summed E-state index contributed by atoms with van der Waals surface area (Å²) in [7, 11) is 0. The highest BCUT2D eigenvalue weighted by molar-refractivity contribution is 5.95. The van der Waals surface area contributed by atoms with Gasteiger partial charge in [-0.15, -0.1) is 0 Å². The number of rotatable bonds is 3. The van der Waals surface area contributed by atoms with Crippen LogP contribution in [0.3, 0.4) is 0 Å². The molecule has 3 aromatic rings. The minimum absolute atomic E-state index is 0.0675. The van der Waals surface area contributed by atoms with Gasteiger partial charge in [-0.05, 0) is 37.3 Å². The molecule has 2 saturated heterocycles. The van der Waals surface area contributed by atoms with E-state index in [9.17, 15) is 18.4 Å². The molecule has 2 amide bonds. The largest absolute Gasteiger partial charge is 0.339 e. The zero-order chi connectivity index (χ0) is 22.5. The topological polar surface area (TPSA) is 79.5 Å². The number of fused-ring (bicyclic) bond motifs is 1. The number of hydrogen-bond donors (Lipinski definition) is 0. The molecule has 3 heterocycles. The molecule has 2 fully saturated rings. The SMILES string of the molecule is Cc1noc([C@@]23CN(C(=O)c4ccccc4)C[C@@H]2CN(C(=O)c2ccc(F)c(F)c2)C3)n1. The van der Waals surface area contributed by atoms with Crippen LogP contribution >= 0.6 is 0 Å². The van der Waals surface area contributed by atoms with Crippen LogP contribution < -0.4 is 0 Å². The van der Waals surface area contributed by atoms with Crippen LogP contribution in [0, 0.1) is 24.5 Å². The van der Waals surface area contributed by atoms with Crippen LogP contribution in [0.4, 0.5) is 8.78 Å². The first-order chi connectivity index (χ1) is 15.4. The van der Waals surface area contributed by atoms with Crippen molar-refractivity contribution in [2.75, 3.05) is 26.2 Å². The Hall–Kier alpha value is -3.62. The van der Waals surface area contributed by atoms with Crippen molar-refractivity contribution in [2.45, 2.75) is 12.3 Å². The van der Waals surface area contributed by atoms with Crippen molar-refractivity contribution in [3.8, 4) is 0 Å². The predicted molar refractivity (Wildman–Crippen MR) is 109 cm³/mol. The second-order valence-corrected chi connectivity index (χ2v) is 8.37. The highest BCUT2D eigenvalue weighted by atomic mass is 19.2. The number of aryl methyl sites for hydroxylation is 1. The van der Waals surface area contributed by atoms with Gasteiger partial charge in [0.1, 0.15) is 0 Å². The average molecular weight is 438 g/mol. The number of halogens is 2. The molecule has 2 aromatic carbocycles. The molecule has 5 rings (SSSR count). The van der Waals surface area contributed by atoms with E-state index in [4.69, 9.17) is 4.52 Å². The molecule has 0 unspecified atom stereocenters. The lowest BCUT2D eigenvalue weighted by molar-refractivity contribution is 0.0727. The first kappa shape index (κ1) is 20.3. The fraction of sp³-hybridized carbons (Fsp3) is 0.304. The second kappa shape index (κ2) is 7.51. The smallest absolute Gasteiger partial charge is 0.254 e. The monoisotopic (exact) mass is 438 g/mol. The van der Waals surface area contributed by atoms with Gasteiger partial charge in [-0.25, -0.2) is 8.78 Å². The summed E-state index contributed by atoms with van der Waals surface area (Å²) in [4.78, 5) is 33.9. The van der Waals surface area contributed by atoms with Crippen molar-refractivity contribution in [2.24, 2.45) is 5.92 Å². The van der Waals surface area contributed by atoms with Crippen LogP contribution in [-0.4, -0.2) is 57.9 Å². The molecule has 0 aliphatic carbocycles. The van der Waals surface area contributed by atoms with E-state index in [1.54, 1.807) is 28.9 Å². The standard InChI is InChI=1S/C23H20F2N4O3/c1-14-26-22(32-27-14)23-12-28(20(30)15-5-3-2-4-6-15)10-17(23)11-29(13-23)21(31)16-7-8-18(24)19(25)9-16/h2-9,17H,10-13H2,1H3/t17-,23-/m1/s1. The van der Waals surface area contributed by atoms with Crippen molar-refractivity contribution < 1.29 is 22.9 Å². The number of nitrogens with zero attached hydrogens (tertiary/aromatic N) is 4. The van der Waals surface area contributed by atoms with Gasteiger partial charge in [-0.1, -0.05) is 23.4 Å². The molecule has 164 valence electrons. The van der Waals surface area contributed by atoms with Gasteiger partial charge in [0.15, 0.2) is 17.5 Å². The highest BCUT2D eigenvalue weighted by Crippen LogP contribution is 2.45. The molecule has 9 heteroatoms. The normalized spacial score (nSPS) is 22.3. The van der Waals surface area contributed by atoms with E-state index in [1.165, 1.54) is 6.07 Å². The Morgan fingerprint density at radius 3 is 2.22 bits per heavy atom. The fourth-order valence-electron chi connectivity index (χ4n) is 4.75. The van der Waals surface area contributed by atoms with Crippen molar-refractivity contribution in [1.82, 2.24) is 19.9 Å². The maximum absolute atomic E-state index is 13.7. The Morgan fingerprint density at radius 2 is 1.62 bits per heavy atom. The summed E-state index contributed by atoms with van der Waals surface area (Å²) in [5.74, 6) is -1.88. The number of carbonyl (C=O) groups excluding carboxylic acids is 2. The van der Waals surface area contributed by atoms with E-state index in [-0.39, 0.29) is 23.9 Å². The average Bonchev–Trinajstić information content (AvgIpc) is 3.48. The van der Waals surface area contributed by atoms with Crippen molar-refractivity contribution in [3.05, 3.63) is 83.0 Å². The number of likely N-dealkylation sites (tertiary alicyclic amines) is 2. The molecule has 0 saturated carbocycles. The first-order valence-corrected chi connectivity index (χ1v) is 10.3. The van der Waals surface area contributed by atoms with E-state index in [1.807, 2.05) is 18.2 Å². The molecule has 0 radical (unpaired) electrons. The molecule has 0 bridgehead atoms. The summed E-state index contributed by atoms with van der Waals surface area (Å²) < 4.78 is 32.5. The van der Waals surface area contributed by atoms with Crippen molar-refractivity contribution in [1.29, 1.82) is 0 Å². The van der Waals surface area contributed by atoms with Crippen LogP contribution in [0.1, 0.15) is 32.4 Å².